The molecule has 0 aromatic rings. The number of hydrogen-bond acceptors (Lipinski definition) is 0. The topological polar surface area (TPSA) is 85.5 Å². The zero-order chi connectivity index (χ0) is 0. The summed E-state index contributed by atoms with van der Waals surface area (Å²) in [4.78, 5) is 0. The Morgan fingerprint density at radius 1 is 0.667 bits per heavy atom. The second-order valence-corrected chi connectivity index (χ2v) is 0. The van der Waals surface area contributed by atoms with Crippen molar-refractivity contribution in [2.45, 2.75) is 0 Å². The van der Waals surface area contributed by atoms with E-state index >= 15 is 0 Å². The molecule has 0 rings (SSSR count). The van der Waals surface area contributed by atoms with E-state index in [9.17, 15) is 0 Å². The molecule has 0 aliphatic rings. The summed E-state index contributed by atoms with van der Waals surface area (Å²) in [6.07, 6.45) is 0. The second-order valence-electron chi connectivity index (χ2n) is 0. The molecule has 0 aliphatic heterocycles. The van der Waals surface area contributed by atoms with Gasteiger partial charge in [0.05, 0.1) is 0 Å². The minimum Gasteiger partial charge on any atom is -2.00 e. The molecule has 6 heteroatoms. The van der Waals surface area contributed by atoms with E-state index in [-0.39, 0.29) is 86.6 Å². The molecule has 0 saturated carbocycles. The van der Waals surface area contributed by atoms with Gasteiger partial charge in [0.2, 0.25) is 0 Å². The summed E-state index contributed by atoms with van der Waals surface area (Å²) in [7, 11) is 0. The quantitative estimate of drug-likeness (QED) is 0.289. The van der Waals surface area contributed by atoms with Crippen LogP contribution in [-0.4, -0.2) is 0 Å². The Bertz CT molecular complexity index is 10.8. The third kappa shape index (κ3) is 34.7. The van der Waals surface area contributed by atoms with E-state index in [1.54, 1.807) is 0 Å². The maximum Gasteiger partial charge on any atom is 4.00 e. The van der Waals surface area contributed by atoms with Gasteiger partial charge >= 0.3 is 70.1 Å². The van der Waals surface area contributed by atoms with Crippen LogP contribution in [0.15, 0.2) is 0 Å². The molecule has 0 amide bonds. The minimum atomic E-state index is 0. The van der Waals surface area contributed by atoms with Crippen molar-refractivity contribution in [2.75, 3.05) is 0 Å². The van der Waals surface area contributed by atoms with Gasteiger partial charge in [-0.15, -0.1) is 0 Å². The van der Waals surface area contributed by atoms with Crippen molar-refractivity contribution in [3.05, 3.63) is 0 Å². The van der Waals surface area contributed by atoms with Gasteiger partial charge in [-0.3, -0.25) is 0 Å². The van der Waals surface area contributed by atoms with Gasteiger partial charge in [-0.1, -0.05) is 0 Å². The van der Waals surface area contributed by atoms with Gasteiger partial charge in [0.15, 0.2) is 0 Å². The summed E-state index contributed by atoms with van der Waals surface area (Å²) in [5.41, 5.74) is 0. The molecular weight excluding hydrogens is 126 g/mol. The van der Waals surface area contributed by atoms with Crippen LogP contribution < -0.4 is 48.4 Å². The van der Waals surface area contributed by atoms with E-state index in [2.05, 4.69) is 0 Å². The van der Waals surface area contributed by atoms with Crippen LogP contribution >= 0.6 is 0 Å². The van der Waals surface area contributed by atoms with Gasteiger partial charge in [0.1, 0.15) is 0 Å². The Morgan fingerprint density at radius 3 is 0.667 bits per heavy atom. The van der Waals surface area contributed by atoms with Crippen LogP contribution in [0, 0.1) is 0 Å². The molecule has 0 aliphatic carbocycles. The van der Waals surface area contributed by atoms with Crippen LogP contribution in [0.2, 0.25) is 0 Å². The first kappa shape index (κ1) is 88.2. The van der Waals surface area contributed by atoms with Gasteiger partial charge in [-0.05, 0) is 0 Å². The van der Waals surface area contributed by atoms with Crippen LogP contribution in [0.1, 0.15) is 0 Å². The molecule has 0 aromatic carbocycles. The average molecular weight is 126 g/mol. The Hall–Kier alpha value is 2.19. The molecule has 0 atom stereocenters. The van der Waals surface area contributed by atoms with Crippen LogP contribution in [0.3, 0.4) is 0 Å². The molecule has 0 spiro atoms. The largest absolute Gasteiger partial charge is 4.00 e. The Balaban J connectivity index is 0. The molecule has 0 bridgehead atoms. The van der Waals surface area contributed by atoms with E-state index in [1.165, 1.54) is 0 Å². The molecule has 6 heavy (non-hydrogen) atoms. The molecule has 3 nitrogen and oxygen atoms in total. The summed E-state index contributed by atoms with van der Waals surface area (Å²) < 4.78 is 0. The summed E-state index contributed by atoms with van der Waals surface area (Å²) in [6, 6.07) is 0. The fraction of sp³-hybridized carbons (Fsp3) is 0. The van der Waals surface area contributed by atoms with E-state index in [1.807, 2.05) is 0 Å². The van der Waals surface area contributed by atoms with Gasteiger partial charge < -0.3 is 16.4 Å². The summed E-state index contributed by atoms with van der Waals surface area (Å²) in [6.45, 7) is 0. The molecular formula is LiNaO3Ti. The third-order valence-electron chi connectivity index (χ3n) is 0. The van der Waals surface area contributed by atoms with E-state index in [0.29, 0.717) is 0 Å². The maximum absolute atomic E-state index is 0. The first-order chi connectivity index (χ1) is 0. The van der Waals surface area contributed by atoms with E-state index in [0.717, 1.165) is 0 Å². The van der Waals surface area contributed by atoms with Crippen molar-refractivity contribution in [1.82, 2.24) is 0 Å². The number of rotatable bonds is 0. The van der Waals surface area contributed by atoms with Crippen LogP contribution in [-0.2, 0) is 38.1 Å². The monoisotopic (exact) mass is 126 g/mol. The average Bonchev–Trinajstić information content (AvgIpc) is 0. The van der Waals surface area contributed by atoms with Crippen LogP contribution in [0.5, 0.6) is 0 Å². The summed E-state index contributed by atoms with van der Waals surface area (Å²) >= 11 is 0. The molecule has 0 fully saturated rings. The maximum atomic E-state index is 0. The molecule has 0 heterocycles. The second kappa shape index (κ2) is 57.4. The molecule has 0 radical (unpaired) electrons. The first-order valence-corrected chi connectivity index (χ1v) is 0. The molecule has 24 valence electrons. The predicted octanol–water partition coefficient (Wildman–Crippen LogP) is -6.35. The van der Waals surface area contributed by atoms with E-state index < -0.39 is 0 Å². The van der Waals surface area contributed by atoms with Gasteiger partial charge in [-0.2, -0.15) is 0 Å². The van der Waals surface area contributed by atoms with Crippen LogP contribution in [0.4, 0.5) is 0 Å². The van der Waals surface area contributed by atoms with Crippen LogP contribution in [0.25, 0.3) is 0 Å². The first-order valence-electron chi connectivity index (χ1n) is 0. The van der Waals surface area contributed by atoms with Crippen molar-refractivity contribution < 1.29 is 86.6 Å². The van der Waals surface area contributed by atoms with E-state index in [4.69, 9.17) is 0 Å². The molecule has 0 unspecified atom stereocenters. The summed E-state index contributed by atoms with van der Waals surface area (Å²) in [5, 5.41) is 0. The predicted molar refractivity (Wildman–Crippen MR) is 2.06 cm³/mol. The van der Waals surface area contributed by atoms with Gasteiger partial charge in [0.25, 0.3) is 0 Å². The van der Waals surface area contributed by atoms with Gasteiger partial charge in [-0.25, -0.2) is 0 Å². The van der Waals surface area contributed by atoms with Crippen molar-refractivity contribution in [3.63, 3.8) is 0 Å². The molecule has 0 aromatic heterocycles. The minimum absolute atomic E-state index is 0. The zero-order valence-electron chi connectivity index (χ0n) is 3.72. The standard InChI is InChI=1S/Li.Na.3O.Ti/q2*+1;3*-2;+4. The fourth-order valence-electron chi connectivity index (χ4n) is 0. The number of hydrogen-bond donors (Lipinski definition) is 0. The Kier molecular flexibility index (Phi) is 844. The third-order valence-corrected chi connectivity index (χ3v) is 0. The molecule has 0 saturated heterocycles. The summed E-state index contributed by atoms with van der Waals surface area (Å²) in [5.74, 6) is 0. The van der Waals surface area contributed by atoms with Gasteiger partial charge in [0, 0.05) is 0 Å². The Morgan fingerprint density at radius 2 is 0.667 bits per heavy atom. The normalized spacial score (nSPS) is 0. The SMILES string of the molecule is [Li+].[Na+].[O-2].[O-2].[O-2].[Ti+4]. The Labute approximate surface area is 85.5 Å². The van der Waals surface area contributed by atoms with Crippen molar-refractivity contribution in [3.8, 4) is 0 Å². The zero-order valence-corrected chi connectivity index (χ0v) is 7.29. The molecule has 0 N–H and O–H groups in total. The smallest absolute Gasteiger partial charge is 2.00 e. The van der Waals surface area contributed by atoms with Crippen molar-refractivity contribution >= 4 is 0 Å². The van der Waals surface area contributed by atoms with Crippen molar-refractivity contribution in [1.29, 1.82) is 0 Å². The van der Waals surface area contributed by atoms with Crippen molar-refractivity contribution in [2.24, 2.45) is 0 Å². The fourth-order valence-corrected chi connectivity index (χ4v) is 0.